The van der Waals surface area contributed by atoms with E-state index in [1.165, 1.54) is 0 Å². The third-order valence-corrected chi connectivity index (χ3v) is 2.00. The van der Waals surface area contributed by atoms with Crippen molar-refractivity contribution in [3.05, 3.63) is 0 Å². The Labute approximate surface area is 60.7 Å². The molecule has 2 atom stereocenters. The Morgan fingerprint density at radius 3 is 2.60 bits per heavy atom. The lowest BCUT2D eigenvalue weighted by molar-refractivity contribution is -0.145. The van der Waals surface area contributed by atoms with Gasteiger partial charge in [-0.2, -0.15) is 0 Å². The second-order valence-electron chi connectivity index (χ2n) is 2.79. The molecule has 0 bridgehead atoms. The minimum Gasteiger partial charge on any atom is -0.465 e. The first-order valence-corrected chi connectivity index (χ1v) is 3.56. The zero-order chi connectivity index (χ0) is 7.78. The first kappa shape index (κ1) is 7.54. The van der Waals surface area contributed by atoms with Crippen molar-refractivity contribution in [2.75, 3.05) is 6.61 Å². The SMILES string of the molecule is CCOC(=O)C1(C)NC1C. The maximum Gasteiger partial charge on any atom is 0.327 e. The van der Waals surface area contributed by atoms with Crippen LogP contribution in [0.2, 0.25) is 0 Å². The van der Waals surface area contributed by atoms with Crippen molar-refractivity contribution in [3.63, 3.8) is 0 Å². The quantitative estimate of drug-likeness (QED) is 0.446. The predicted octanol–water partition coefficient (Wildman–Crippen LogP) is 0.300. The Bertz CT molecular complexity index is 158. The normalized spacial score (nSPS) is 37.3. The van der Waals surface area contributed by atoms with Crippen molar-refractivity contribution in [1.29, 1.82) is 0 Å². The molecule has 58 valence electrons. The van der Waals surface area contributed by atoms with E-state index in [0.717, 1.165) is 0 Å². The minimum atomic E-state index is -0.393. The summed E-state index contributed by atoms with van der Waals surface area (Å²) in [4.78, 5) is 11.1. The molecule has 0 aromatic rings. The Kier molecular flexibility index (Phi) is 1.68. The summed E-state index contributed by atoms with van der Waals surface area (Å²) in [6, 6.07) is 0.270. The van der Waals surface area contributed by atoms with Crippen molar-refractivity contribution in [1.82, 2.24) is 5.32 Å². The van der Waals surface area contributed by atoms with Crippen LogP contribution in [0.25, 0.3) is 0 Å². The van der Waals surface area contributed by atoms with Gasteiger partial charge in [0.25, 0.3) is 0 Å². The number of carbonyl (C=O) groups is 1. The fourth-order valence-corrected chi connectivity index (χ4v) is 0.925. The molecule has 1 heterocycles. The van der Waals surface area contributed by atoms with Gasteiger partial charge in [-0.25, -0.2) is 4.79 Å². The van der Waals surface area contributed by atoms with Crippen molar-refractivity contribution in [2.24, 2.45) is 0 Å². The largest absolute Gasteiger partial charge is 0.465 e. The summed E-state index contributed by atoms with van der Waals surface area (Å²) < 4.78 is 4.84. The monoisotopic (exact) mass is 143 g/mol. The third kappa shape index (κ3) is 1.01. The summed E-state index contributed by atoms with van der Waals surface area (Å²) in [7, 11) is 0. The molecule has 0 aromatic carbocycles. The molecule has 0 spiro atoms. The Balaban J connectivity index is 2.43. The Morgan fingerprint density at radius 1 is 1.80 bits per heavy atom. The van der Waals surface area contributed by atoms with E-state index in [9.17, 15) is 4.79 Å². The molecule has 1 N–H and O–H groups in total. The molecule has 10 heavy (non-hydrogen) atoms. The van der Waals surface area contributed by atoms with Crippen LogP contribution < -0.4 is 5.32 Å². The van der Waals surface area contributed by atoms with Gasteiger partial charge in [-0.15, -0.1) is 0 Å². The number of hydrogen-bond acceptors (Lipinski definition) is 3. The zero-order valence-corrected chi connectivity index (χ0v) is 6.60. The van der Waals surface area contributed by atoms with Crippen LogP contribution in [0.1, 0.15) is 20.8 Å². The third-order valence-electron chi connectivity index (χ3n) is 2.00. The summed E-state index contributed by atoms with van der Waals surface area (Å²) in [5.41, 5.74) is -0.393. The van der Waals surface area contributed by atoms with Gasteiger partial charge < -0.3 is 4.74 Å². The molecule has 0 aliphatic carbocycles. The van der Waals surface area contributed by atoms with Crippen molar-refractivity contribution in [2.45, 2.75) is 32.4 Å². The van der Waals surface area contributed by atoms with Gasteiger partial charge in [0, 0.05) is 6.04 Å². The first-order valence-electron chi connectivity index (χ1n) is 3.56. The van der Waals surface area contributed by atoms with Crippen LogP contribution >= 0.6 is 0 Å². The van der Waals surface area contributed by atoms with Gasteiger partial charge in [0.05, 0.1) is 6.61 Å². The molecule has 0 radical (unpaired) electrons. The van der Waals surface area contributed by atoms with E-state index in [2.05, 4.69) is 5.32 Å². The van der Waals surface area contributed by atoms with E-state index in [1.807, 2.05) is 20.8 Å². The van der Waals surface area contributed by atoms with Crippen molar-refractivity contribution >= 4 is 5.97 Å². The lowest BCUT2D eigenvalue weighted by atomic mass is 10.1. The smallest absolute Gasteiger partial charge is 0.327 e. The molecular formula is C7H13NO2. The highest BCUT2D eigenvalue weighted by molar-refractivity contribution is 5.85. The number of esters is 1. The van der Waals surface area contributed by atoms with Gasteiger partial charge in [-0.1, -0.05) is 0 Å². The van der Waals surface area contributed by atoms with E-state index >= 15 is 0 Å². The molecule has 1 saturated heterocycles. The first-order chi connectivity index (χ1) is 4.61. The molecule has 1 fully saturated rings. The lowest BCUT2D eigenvalue weighted by Crippen LogP contribution is -2.27. The maximum atomic E-state index is 11.1. The lowest BCUT2D eigenvalue weighted by Gasteiger charge is -2.05. The van der Waals surface area contributed by atoms with Gasteiger partial charge in [-0.3, -0.25) is 5.32 Å². The van der Waals surface area contributed by atoms with Crippen LogP contribution in [0.15, 0.2) is 0 Å². The van der Waals surface area contributed by atoms with Crippen LogP contribution in [0.4, 0.5) is 0 Å². The molecule has 1 rings (SSSR count). The van der Waals surface area contributed by atoms with Crippen molar-refractivity contribution < 1.29 is 9.53 Å². The Hall–Kier alpha value is -0.570. The molecule has 0 saturated carbocycles. The van der Waals surface area contributed by atoms with Gasteiger partial charge in [0.1, 0.15) is 5.54 Å². The van der Waals surface area contributed by atoms with Gasteiger partial charge >= 0.3 is 5.97 Å². The fraction of sp³-hybridized carbons (Fsp3) is 0.857. The molecule has 2 unspecified atom stereocenters. The standard InChI is InChI=1S/C7H13NO2/c1-4-10-6(9)7(3)5(2)8-7/h5,8H,4H2,1-3H3. The average Bonchev–Trinajstić information content (AvgIpc) is 2.43. The Morgan fingerprint density at radius 2 is 2.30 bits per heavy atom. The molecule has 0 aromatic heterocycles. The summed E-state index contributed by atoms with van der Waals surface area (Å²) in [6.07, 6.45) is 0. The van der Waals surface area contributed by atoms with E-state index < -0.39 is 5.54 Å². The second-order valence-corrected chi connectivity index (χ2v) is 2.79. The van der Waals surface area contributed by atoms with E-state index in [4.69, 9.17) is 4.74 Å². The van der Waals surface area contributed by atoms with Crippen LogP contribution in [0, 0.1) is 0 Å². The summed E-state index contributed by atoms with van der Waals surface area (Å²) in [5, 5.41) is 3.02. The molecular weight excluding hydrogens is 130 g/mol. The van der Waals surface area contributed by atoms with Crippen molar-refractivity contribution in [3.8, 4) is 0 Å². The highest BCUT2D eigenvalue weighted by Gasteiger charge is 2.53. The molecule has 3 heteroatoms. The zero-order valence-electron chi connectivity index (χ0n) is 6.60. The number of carbonyl (C=O) groups excluding carboxylic acids is 1. The molecule has 1 aliphatic rings. The number of rotatable bonds is 2. The predicted molar refractivity (Wildman–Crippen MR) is 37.6 cm³/mol. The minimum absolute atomic E-state index is 0.137. The van der Waals surface area contributed by atoms with Crippen LogP contribution in [0.5, 0.6) is 0 Å². The fourth-order valence-electron chi connectivity index (χ4n) is 0.925. The highest BCUT2D eigenvalue weighted by atomic mass is 16.5. The molecule has 0 amide bonds. The number of ether oxygens (including phenoxy) is 1. The van der Waals surface area contributed by atoms with E-state index in [0.29, 0.717) is 6.61 Å². The van der Waals surface area contributed by atoms with Crippen LogP contribution in [0.3, 0.4) is 0 Å². The second kappa shape index (κ2) is 2.23. The van der Waals surface area contributed by atoms with Crippen LogP contribution in [-0.4, -0.2) is 24.2 Å². The maximum absolute atomic E-state index is 11.1. The molecule has 1 aliphatic heterocycles. The van der Waals surface area contributed by atoms with Gasteiger partial charge in [0.15, 0.2) is 0 Å². The van der Waals surface area contributed by atoms with Gasteiger partial charge in [0.2, 0.25) is 0 Å². The van der Waals surface area contributed by atoms with E-state index in [-0.39, 0.29) is 12.0 Å². The summed E-state index contributed by atoms with van der Waals surface area (Å²) in [6.45, 7) is 6.10. The summed E-state index contributed by atoms with van der Waals surface area (Å²) in [5.74, 6) is -0.137. The molecule has 3 nitrogen and oxygen atoms in total. The highest BCUT2D eigenvalue weighted by Crippen LogP contribution is 2.26. The van der Waals surface area contributed by atoms with E-state index in [1.54, 1.807) is 0 Å². The van der Waals surface area contributed by atoms with Gasteiger partial charge in [-0.05, 0) is 20.8 Å². The number of hydrogen-bond donors (Lipinski definition) is 1. The number of nitrogens with one attached hydrogen (secondary N) is 1. The summed E-state index contributed by atoms with van der Waals surface area (Å²) >= 11 is 0. The topological polar surface area (TPSA) is 48.2 Å². The van der Waals surface area contributed by atoms with Crippen LogP contribution in [-0.2, 0) is 9.53 Å². The average molecular weight is 143 g/mol.